The number of amides is 2. The molecule has 0 aromatic heterocycles. The van der Waals surface area contributed by atoms with Crippen molar-refractivity contribution in [1.82, 2.24) is 0 Å². The molecule has 1 aliphatic rings. The number of hydrogen-bond donors (Lipinski definition) is 0. The number of carbonyl (C=O) groups excluding carboxylic acids is 2. The first kappa shape index (κ1) is 18.2. The van der Waals surface area contributed by atoms with Gasteiger partial charge in [-0.3, -0.25) is 0 Å². The van der Waals surface area contributed by atoms with E-state index in [9.17, 15) is 9.59 Å². The molecule has 0 radical (unpaired) electrons. The van der Waals surface area contributed by atoms with Crippen LogP contribution in [0.5, 0.6) is 0 Å². The molecule has 92 valence electrons. The van der Waals surface area contributed by atoms with Crippen LogP contribution >= 0.6 is 0 Å². The Kier molecular flexibility index (Phi) is 8.20. The van der Waals surface area contributed by atoms with Gasteiger partial charge in [-0.05, 0) is 11.8 Å². The quantitative estimate of drug-likeness (QED) is 0.468. The van der Waals surface area contributed by atoms with Crippen molar-refractivity contribution < 1.29 is 30.7 Å². The van der Waals surface area contributed by atoms with Crippen molar-refractivity contribution in [2.75, 3.05) is 0 Å². The Labute approximate surface area is 113 Å². The van der Waals surface area contributed by atoms with E-state index in [2.05, 4.69) is 26.1 Å². The largest absolute Gasteiger partial charge is 2.00 e. The summed E-state index contributed by atoms with van der Waals surface area (Å²) < 4.78 is 0. The van der Waals surface area contributed by atoms with Gasteiger partial charge in [0.25, 0.3) is 0 Å². The van der Waals surface area contributed by atoms with Crippen LogP contribution in [0.15, 0.2) is 0 Å². The summed E-state index contributed by atoms with van der Waals surface area (Å²) in [6.07, 6.45) is 0.294. The second-order valence-corrected chi connectivity index (χ2v) is 5.47. The second kappa shape index (κ2) is 7.21. The first-order valence-electron chi connectivity index (χ1n) is 5.19. The fourth-order valence-corrected chi connectivity index (χ4v) is 1.19. The van der Waals surface area contributed by atoms with E-state index in [1.807, 2.05) is 20.8 Å². The van der Waals surface area contributed by atoms with Gasteiger partial charge in [0.05, 0.1) is 11.8 Å². The van der Waals surface area contributed by atoms with Crippen molar-refractivity contribution >= 4 is 11.8 Å². The molecule has 4 heteroatoms. The third-order valence-electron chi connectivity index (χ3n) is 1.96. The summed E-state index contributed by atoms with van der Waals surface area (Å²) in [7, 11) is 0. The van der Waals surface area contributed by atoms with Gasteiger partial charge in [0.15, 0.2) is 0 Å². The van der Waals surface area contributed by atoms with Gasteiger partial charge < -0.3 is 20.8 Å². The molecule has 16 heavy (non-hydrogen) atoms. The third kappa shape index (κ3) is 7.16. The van der Waals surface area contributed by atoms with Gasteiger partial charge in [-0.15, -0.1) is 0 Å². The standard InChI is InChI=1S/C8H13NO2.C4H9.W/c1-8(2,3)5-4-6(10)9-7(5)11;1-4(2)3;/h5H,4H2,1-3H3,(H,9,10,11);1-3H3;/q;-1;+2/p-1. The average molecular weight is 395 g/mol. The number of imide groups is 1. The SMILES string of the molecule is CC(C)(C)C1CC(=O)[N-]C1=O.C[C-](C)C.[W+2]. The minimum absolute atomic E-state index is 0. The Morgan fingerprint density at radius 1 is 1.19 bits per heavy atom. The van der Waals surface area contributed by atoms with Crippen LogP contribution in [0, 0.1) is 17.3 Å². The zero-order chi connectivity index (χ0) is 12.2. The molecule has 0 N–H and O–H groups in total. The van der Waals surface area contributed by atoms with E-state index in [1.165, 1.54) is 5.92 Å². The van der Waals surface area contributed by atoms with Gasteiger partial charge in [-0.2, -0.15) is 20.8 Å². The molecular weight excluding hydrogens is 374 g/mol. The average Bonchev–Trinajstić information content (AvgIpc) is 2.26. The molecular formula is C12H21NO2W. The van der Waals surface area contributed by atoms with Gasteiger partial charge in [-0.25, -0.2) is 0 Å². The molecule has 1 rings (SSSR count). The van der Waals surface area contributed by atoms with Gasteiger partial charge in [-0.1, -0.05) is 20.8 Å². The molecule has 0 aromatic rings. The van der Waals surface area contributed by atoms with Crippen molar-refractivity contribution in [3.63, 3.8) is 0 Å². The van der Waals surface area contributed by atoms with Crippen molar-refractivity contribution in [1.29, 1.82) is 0 Å². The number of hydrogen-bond acceptors (Lipinski definition) is 2. The minimum atomic E-state index is -0.269. The van der Waals surface area contributed by atoms with Crippen LogP contribution in [0.1, 0.15) is 48.0 Å². The predicted octanol–water partition coefficient (Wildman–Crippen LogP) is 3.10. The maximum absolute atomic E-state index is 11.0. The number of rotatable bonds is 0. The summed E-state index contributed by atoms with van der Waals surface area (Å²) in [5.41, 5.74) is -0.132. The third-order valence-corrected chi connectivity index (χ3v) is 1.96. The molecule has 1 heterocycles. The monoisotopic (exact) mass is 395 g/mol. The molecule has 2 amide bonds. The molecule has 1 saturated heterocycles. The van der Waals surface area contributed by atoms with Crippen LogP contribution in [-0.2, 0) is 30.7 Å². The van der Waals surface area contributed by atoms with E-state index in [0.717, 1.165) is 0 Å². The zero-order valence-corrected chi connectivity index (χ0v) is 13.9. The molecule has 0 bridgehead atoms. The fraction of sp³-hybridized carbons (Fsp3) is 0.750. The van der Waals surface area contributed by atoms with Crippen LogP contribution in [0.3, 0.4) is 0 Å². The summed E-state index contributed by atoms with van der Waals surface area (Å²) in [6, 6.07) is 0. The Balaban J connectivity index is 0. The van der Waals surface area contributed by atoms with Crippen LogP contribution in [0.4, 0.5) is 0 Å². The first-order valence-corrected chi connectivity index (χ1v) is 5.19. The molecule has 1 atom stereocenters. The first-order chi connectivity index (χ1) is 6.64. The maximum atomic E-state index is 11.0. The van der Waals surface area contributed by atoms with Crippen molar-refractivity contribution in [3.8, 4) is 0 Å². The molecule has 0 aliphatic carbocycles. The fourth-order valence-electron chi connectivity index (χ4n) is 1.19. The van der Waals surface area contributed by atoms with E-state index in [4.69, 9.17) is 0 Å². The minimum Gasteiger partial charge on any atom is -0.596 e. The van der Waals surface area contributed by atoms with E-state index < -0.39 is 0 Å². The summed E-state index contributed by atoms with van der Waals surface area (Å²) in [5.74, 6) is 0.701. The van der Waals surface area contributed by atoms with E-state index in [-0.39, 0.29) is 44.2 Å². The molecule has 1 aliphatic heterocycles. The zero-order valence-electron chi connectivity index (χ0n) is 11.0. The molecule has 1 fully saturated rings. The van der Waals surface area contributed by atoms with E-state index in [1.54, 1.807) is 0 Å². The summed E-state index contributed by atoms with van der Waals surface area (Å²) in [6.45, 7) is 12.1. The van der Waals surface area contributed by atoms with Gasteiger partial charge in [0, 0.05) is 5.92 Å². The van der Waals surface area contributed by atoms with Gasteiger partial charge in [0.1, 0.15) is 0 Å². The molecule has 3 nitrogen and oxygen atoms in total. The topological polar surface area (TPSA) is 48.2 Å². The van der Waals surface area contributed by atoms with Crippen LogP contribution < -0.4 is 0 Å². The Morgan fingerprint density at radius 2 is 1.56 bits per heavy atom. The second-order valence-electron chi connectivity index (χ2n) is 5.47. The Bertz CT molecular complexity index is 241. The van der Waals surface area contributed by atoms with Crippen LogP contribution in [-0.4, -0.2) is 11.8 Å². The van der Waals surface area contributed by atoms with Crippen molar-refractivity contribution in [2.24, 2.45) is 11.3 Å². The van der Waals surface area contributed by atoms with Crippen molar-refractivity contribution in [2.45, 2.75) is 48.0 Å². The van der Waals surface area contributed by atoms with E-state index in [0.29, 0.717) is 6.42 Å². The smallest absolute Gasteiger partial charge is 0.596 e. The Morgan fingerprint density at radius 3 is 1.69 bits per heavy atom. The van der Waals surface area contributed by atoms with Gasteiger partial charge in [0.2, 0.25) is 0 Å². The normalized spacial score (nSPS) is 19.8. The number of carbonyl (C=O) groups is 2. The maximum Gasteiger partial charge on any atom is 2.00 e. The molecule has 1 unspecified atom stereocenters. The predicted molar refractivity (Wildman–Crippen MR) is 61.2 cm³/mol. The van der Waals surface area contributed by atoms with Crippen molar-refractivity contribution in [3.05, 3.63) is 11.2 Å². The summed E-state index contributed by atoms with van der Waals surface area (Å²) >= 11 is 0. The Hall–Kier alpha value is -0.172. The molecule has 0 spiro atoms. The van der Waals surface area contributed by atoms with Crippen LogP contribution in [0.2, 0.25) is 0 Å². The summed E-state index contributed by atoms with van der Waals surface area (Å²) in [4.78, 5) is 21.8. The number of nitrogens with zero attached hydrogens (tertiary/aromatic N) is 1. The summed E-state index contributed by atoms with van der Waals surface area (Å²) in [5, 5.41) is 3.36. The molecule has 0 aromatic carbocycles. The van der Waals surface area contributed by atoms with E-state index >= 15 is 0 Å². The van der Waals surface area contributed by atoms with Crippen LogP contribution in [0.25, 0.3) is 5.32 Å². The molecule has 0 saturated carbocycles. The van der Waals surface area contributed by atoms with Gasteiger partial charge >= 0.3 is 21.1 Å².